The molecule has 0 aliphatic heterocycles. The average molecular weight is 317 g/mol. The Morgan fingerprint density at radius 2 is 2.17 bits per heavy atom. The topological polar surface area (TPSA) is 115 Å². The molecule has 0 aliphatic rings. The summed E-state index contributed by atoms with van der Waals surface area (Å²) in [6.45, 7) is 5.56. The molecule has 0 bridgehead atoms. The van der Waals surface area contributed by atoms with Gasteiger partial charge in [0.25, 0.3) is 17.3 Å². The molecule has 0 aromatic carbocycles. The van der Waals surface area contributed by atoms with Gasteiger partial charge in [-0.25, -0.2) is 14.3 Å². The van der Waals surface area contributed by atoms with E-state index >= 15 is 0 Å². The summed E-state index contributed by atoms with van der Waals surface area (Å²) < 4.78 is 11.2. The quantitative estimate of drug-likeness (QED) is 0.717. The highest BCUT2D eigenvalue weighted by Gasteiger charge is 2.21. The highest BCUT2D eigenvalue weighted by molar-refractivity contribution is 5.85. The Bertz CT molecular complexity index is 936. The Morgan fingerprint density at radius 3 is 2.87 bits per heavy atom. The molecular formula is C14H15N5O4. The van der Waals surface area contributed by atoms with Gasteiger partial charge in [-0.15, -0.1) is 0 Å². The summed E-state index contributed by atoms with van der Waals surface area (Å²) in [7, 11) is 0. The molecule has 120 valence electrons. The minimum atomic E-state index is -0.670. The van der Waals surface area contributed by atoms with Crippen molar-refractivity contribution < 1.29 is 14.1 Å². The number of aromatic amines is 1. The fraction of sp³-hybridized carbons (Fsp3) is 0.357. The maximum Gasteiger partial charge on any atom is 0.379 e. The Kier molecular flexibility index (Phi) is 3.68. The number of esters is 1. The summed E-state index contributed by atoms with van der Waals surface area (Å²) in [5.41, 5.74) is 1.91. The van der Waals surface area contributed by atoms with E-state index in [4.69, 9.17) is 9.26 Å². The van der Waals surface area contributed by atoms with Crippen molar-refractivity contribution in [3.8, 4) is 11.5 Å². The Labute approximate surface area is 130 Å². The van der Waals surface area contributed by atoms with Crippen molar-refractivity contribution in [3.05, 3.63) is 33.6 Å². The van der Waals surface area contributed by atoms with Gasteiger partial charge in [0.15, 0.2) is 5.65 Å². The minimum Gasteiger partial charge on any atom is -0.460 e. The van der Waals surface area contributed by atoms with Crippen molar-refractivity contribution in [1.29, 1.82) is 0 Å². The number of hydrogen-bond acceptors (Lipinski definition) is 7. The number of ether oxygens (including phenoxy) is 1. The van der Waals surface area contributed by atoms with Gasteiger partial charge in [-0.2, -0.15) is 4.98 Å². The third-order valence-corrected chi connectivity index (χ3v) is 3.43. The van der Waals surface area contributed by atoms with Gasteiger partial charge < -0.3 is 9.26 Å². The lowest BCUT2D eigenvalue weighted by Gasteiger charge is -2.02. The molecule has 3 heterocycles. The van der Waals surface area contributed by atoms with Crippen LogP contribution in [0.5, 0.6) is 0 Å². The Hall–Kier alpha value is -2.97. The van der Waals surface area contributed by atoms with Crippen LogP contribution < -0.4 is 5.56 Å². The first-order valence-electron chi connectivity index (χ1n) is 7.17. The lowest BCUT2D eigenvalue weighted by Crippen LogP contribution is -2.21. The Balaban J connectivity index is 2.11. The molecule has 0 saturated heterocycles. The van der Waals surface area contributed by atoms with Crippen LogP contribution in [0.1, 0.15) is 35.7 Å². The van der Waals surface area contributed by atoms with E-state index in [1.165, 1.54) is 10.7 Å². The zero-order valence-corrected chi connectivity index (χ0v) is 12.9. The largest absolute Gasteiger partial charge is 0.460 e. The summed E-state index contributed by atoms with van der Waals surface area (Å²) in [6, 6.07) is 0. The van der Waals surface area contributed by atoms with Crippen LogP contribution in [0, 0.1) is 6.92 Å². The van der Waals surface area contributed by atoms with Crippen molar-refractivity contribution in [2.24, 2.45) is 0 Å². The van der Waals surface area contributed by atoms with Gasteiger partial charge in [-0.05, 0) is 25.4 Å². The standard InChI is InChI=1S/C14H15N5O4/c1-4-8-7(3)16-11-9(6-15-19(11)13(8)20)12-17-10(18-23-12)14(21)22-5-2/h6,15H,4-5H2,1-3H3. The SMILES string of the molecule is CCOC(=O)c1noc(-c2c[nH]n3c(=O)c(CC)c(C)nc23)n1. The lowest BCUT2D eigenvalue weighted by atomic mass is 10.2. The van der Waals surface area contributed by atoms with Crippen molar-refractivity contribution in [2.75, 3.05) is 6.61 Å². The molecule has 0 unspecified atom stereocenters. The fourth-order valence-corrected chi connectivity index (χ4v) is 2.33. The summed E-state index contributed by atoms with van der Waals surface area (Å²) in [4.78, 5) is 32.4. The van der Waals surface area contributed by atoms with Crippen LogP contribution in [0.25, 0.3) is 17.1 Å². The molecule has 0 fully saturated rings. The summed E-state index contributed by atoms with van der Waals surface area (Å²) in [5, 5.41) is 6.40. The van der Waals surface area contributed by atoms with E-state index in [1.54, 1.807) is 13.8 Å². The molecular weight excluding hydrogens is 302 g/mol. The normalized spacial score (nSPS) is 11.1. The number of H-pyrrole nitrogens is 1. The summed E-state index contributed by atoms with van der Waals surface area (Å²) >= 11 is 0. The third-order valence-electron chi connectivity index (χ3n) is 3.43. The number of rotatable bonds is 4. The van der Waals surface area contributed by atoms with Crippen LogP contribution in [0.15, 0.2) is 15.5 Å². The van der Waals surface area contributed by atoms with Gasteiger partial charge in [0.05, 0.1) is 6.61 Å². The lowest BCUT2D eigenvalue weighted by molar-refractivity contribution is 0.0508. The van der Waals surface area contributed by atoms with E-state index in [0.717, 1.165) is 0 Å². The molecule has 1 N–H and O–H groups in total. The minimum absolute atomic E-state index is 0.0855. The number of nitrogens with one attached hydrogen (secondary N) is 1. The molecule has 0 radical (unpaired) electrons. The van der Waals surface area contributed by atoms with E-state index < -0.39 is 5.97 Å². The highest BCUT2D eigenvalue weighted by Crippen LogP contribution is 2.21. The second-order valence-electron chi connectivity index (χ2n) is 4.82. The fourth-order valence-electron chi connectivity index (χ4n) is 2.33. The predicted octanol–water partition coefficient (Wildman–Crippen LogP) is 1.12. The summed E-state index contributed by atoms with van der Waals surface area (Å²) in [6.07, 6.45) is 2.12. The smallest absolute Gasteiger partial charge is 0.379 e. The van der Waals surface area contributed by atoms with Gasteiger partial charge in [0.2, 0.25) is 0 Å². The van der Waals surface area contributed by atoms with Crippen LogP contribution in [-0.2, 0) is 11.2 Å². The maximum absolute atomic E-state index is 12.4. The van der Waals surface area contributed by atoms with Gasteiger partial charge in [-0.3, -0.25) is 9.89 Å². The molecule has 0 spiro atoms. The van der Waals surface area contributed by atoms with E-state index in [0.29, 0.717) is 28.9 Å². The van der Waals surface area contributed by atoms with Crippen LogP contribution in [0.2, 0.25) is 0 Å². The average Bonchev–Trinajstić information content (AvgIpc) is 3.14. The van der Waals surface area contributed by atoms with Crippen LogP contribution in [0.3, 0.4) is 0 Å². The second kappa shape index (κ2) is 5.67. The predicted molar refractivity (Wildman–Crippen MR) is 79.2 cm³/mol. The third kappa shape index (κ3) is 2.39. The second-order valence-corrected chi connectivity index (χ2v) is 4.82. The summed E-state index contributed by atoms with van der Waals surface area (Å²) in [5.74, 6) is -0.760. The van der Waals surface area contributed by atoms with Crippen LogP contribution in [0.4, 0.5) is 0 Å². The van der Waals surface area contributed by atoms with Gasteiger partial charge in [0.1, 0.15) is 5.56 Å². The number of carbonyl (C=O) groups is 1. The van der Waals surface area contributed by atoms with Crippen molar-refractivity contribution in [3.63, 3.8) is 0 Å². The van der Waals surface area contributed by atoms with E-state index in [2.05, 4.69) is 20.2 Å². The molecule has 0 amide bonds. The number of aromatic nitrogens is 5. The van der Waals surface area contributed by atoms with E-state index in [9.17, 15) is 9.59 Å². The van der Waals surface area contributed by atoms with Crippen molar-refractivity contribution >= 4 is 11.6 Å². The van der Waals surface area contributed by atoms with Crippen LogP contribution >= 0.6 is 0 Å². The first-order valence-corrected chi connectivity index (χ1v) is 7.17. The van der Waals surface area contributed by atoms with Crippen LogP contribution in [-0.4, -0.2) is 37.3 Å². The first kappa shape index (κ1) is 14.9. The molecule has 3 rings (SSSR count). The number of aryl methyl sites for hydroxylation is 1. The molecule has 0 aliphatic carbocycles. The van der Waals surface area contributed by atoms with Gasteiger partial charge in [-0.1, -0.05) is 6.92 Å². The van der Waals surface area contributed by atoms with Crippen molar-refractivity contribution in [1.82, 2.24) is 24.7 Å². The number of fused-ring (bicyclic) bond motifs is 1. The number of hydrogen-bond donors (Lipinski definition) is 1. The van der Waals surface area contributed by atoms with E-state index in [1.807, 2.05) is 6.92 Å². The van der Waals surface area contributed by atoms with Gasteiger partial charge >= 0.3 is 5.97 Å². The Morgan fingerprint density at radius 1 is 1.39 bits per heavy atom. The molecule has 9 heteroatoms. The maximum atomic E-state index is 12.4. The molecule has 3 aromatic rings. The van der Waals surface area contributed by atoms with Gasteiger partial charge in [0, 0.05) is 17.5 Å². The molecule has 3 aromatic heterocycles. The number of nitrogens with zero attached hydrogens (tertiary/aromatic N) is 4. The monoisotopic (exact) mass is 317 g/mol. The molecule has 0 atom stereocenters. The molecule has 9 nitrogen and oxygen atoms in total. The zero-order chi connectivity index (χ0) is 16.6. The zero-order valence-electron chi connectivity index (χ0n) is 12.9. The first-order chi connectivity index (χ1) is 11.1. The highest BCUT2D eigenvalue weighted by atomic mass is 16.5. The van der Waals surface area contributed by atoms with Crippen molar-refractivity contribution in [2.45, 2.75) is 27.2 Å². The molecule has 23 heavy (non-hydrogen) atoms. The number of carbonyl (C=O) groups excluding carboxylic acids is 1. The van der Waals surface area contributed by atoms with E-state index in [-0.39, 0.29) is 23.9 Å². The molecule has 0 saturated carbocycles.